The Morgan fingerprint density at radius 3 is 2.93 bits per heavy atom. The third-order valence-electron chi connectivity index (χ3n) is 2.21. The fourth-order valence-electron chi connectivity index (χ4n) is 1.23. The summed E-state index contributed by atoms with van der Waals surface area (Å²) in [7, 11) is 0. The molecule has 0 aliphatic heterocycles. The van der Waals surface area contributed by atoms with Crippen LogP contribution in [0.2, 0.25) is 5.02 Å². The Morgan fingerprint density at radius 2 is 2.29 bits per heavy atom. The van der Waals surface area contributed by atoms with Crippen LogP contribution in [-0.2, 0) is 4.79 Å². The molecule has 2 rings (SSSR count). The van der Waals surface area contributed by atoms with Gasteiger partial charge in [-0.25, -0.2) is 0 Å². The summed E-state index contributed by atoms with van der Waals surface area (Å²) in [6.07, 6.45) is 2.18. The first-order chi connectivity index (χ1) is 6.75. The highest BCUT2D eigenvalue weighted by Gasteiger charge is 2.28. The highest BCUT2D eigenvalue weighted by atomic mass is 35.5. The molecule has 1 nitrogen and oxygen atoms in total. The van der Waals surface area contributed by atoms with E-state index in [0.717, 1.165) is 22.8 Å². The molecular formula is C11H11ClOS. The molecule has 1 aromatic carbocycles. The molecule has 14 heavy (non-hydrogen) atoms. The van der Waals surface area contributed by atoms with Gasteiger partial charge in [-0.05, 0) is 31.0 Å². The van der Waals surface area contributed by atoms with Gasteiger partial charge in [-0.2, -0.15) is 0 Å². The highest BCUT2D eigenvalue weighted by Crippen LogP contribution is 2.32. The minimum Gasteiger partial charge on any atom is -0.298 e. The van der Waals surface area contributed by atoms with Gasteiger partial charge in [0.25, 0.3) is 0 Å². The van der Waals surface area contributed by atoms with E-state index in [1.807, 2.05) is 24.3 Å². The number of halogens is 1. The zero-order valence-electron chi connectivity index (χ0n) is 7.70. The van der Waals surface area contributed by atoms with E-state index in [-0.39, 0.29) is 0 Å². The Bertz CT molecular complexity index is 347. The van der Waals surface area contributed by atoms with Crippen LogP contribution in [0.3, 0.4) is 0 Å². The molecule has 1 aliphatic rings. The van der Waals surface area contributed by atoms with Crippen LogP contribution in [0.25, 0.3) is 0 Å². The summed E-state index contributed by atoms with van der Waals surface area (Å²) < 4.78 is 0. The molecule has 0 spiro atoms. The van der Waals surface area contributed by atoms with E-state index in [1.54, 1.807) is 11.8 Å². The standard InChI is InChI=1S/C11H11ClOS/c12-9-2-1-3-10(6-9)14-7-11(13)8-4-5-8/h1-3,6,8H,4-5,7H2. The first-order valence-corrected chi connectivity index (χ1v) is 6.03. The summed E-state index contributed by atoms with van der Waals surface area (Å²) in [5.74, 6) is 1.34. The lowest BCUT2D eigenvalue weighted by Gasteiger charge is -2.00. The van der Waals surface area contributed by atoms with E-state index < -0.39 is 0 Å². The average molecular weight is 227 g/mol. The van der Waals surface area contributed by atoms with Crippen LogP contribution in [-0.4, -0.2) is 11.5 Å². The smallest absolute Gasteiger partial charge is 0.146 e. The van der Waals surface area contributed by atoms with E-state index in [9.17, 15) is 4.79 Å². The van der Waals surface area contributed by atoms with Gasteiger partial charge in [0.05, 0.1) is 5.75 Å². The molecule has 0 unspecified atom stereocenters. The lowest BCUT2D eigenvalue weighted by atomic mass is 10.3. The molecule has 0 N–H and O–H groups in total. The number of Topliss-reactive ketones (excluding diaryl/α,β-unsaturated/α-hetero) is 1. The van der Waals surface area contributed by atoms with Gasteiger partial charge in [-0.3, -0.25) is 4.79 Å². The molecule has 1 aliphatic carbocycles. The summed E-state index contributed by atoms with van der Waals surface area (Å²) in [6.45, 7) is 0. The molecule has 3 heteroatoms. The number of hydrogen-bond donors (Lipinski definition) is 0. The molecule has 0 radical (unpaired) electrons. The Kier molecular flexibility index (Phi) is 3.14. The number of carbonyl (C=O) groups is 1. The first-order valence-electron chi connectivity index (χ1n) is 4.67. The number of ketones is 1. The van der Waals surface area contributed by atoms with Gasteiger partial charge in [0.2, 0.25) is 0 Å². The van der Waals surface area contributed by atoms with Crippen molar-refractivity contribution in [2.75, 3.05) is 5.75 Å². The van der Waals surface area contributed by atoms with E-state index >= 15 is 0 Å². The van der Waals surface area contributed by atoms with Gasteiger partial charge in [0.1, 0.15) is 5.78 Å². The van der Waals surface area contributed by atoms with Crippen LogP contribution in [0.5, 0.6) is 0 Å². The molecule has 0 atom stereocenters. The fraction of sp³-hybridized carbons (Fsp3) is 0.364. The lowest BCUT2D eigenvalue weighted by Crippen LogP contribution is -2.02. The van der Waals surface area contributed by atoms with Crippen molar-refractivity contribution in [1.82, 2.24) is 0 Å². The molecule has 0 aromatic heterocycles. The third-order valence-corrected chi connectivity index (χ3v) is 3.46. The van der Waals surface area contributed by atoms with Gasteiger partial charge in [-0.1, -0.05) is 17.7 Å². The van der Waals surface area contributed by atoms with Gasteiger partial charge >= 0.3 is 0 Å². The van der Waals surface area contributed by atoms with Crippen molar-refractivity contribution < 1.29 is 4.79 Å². The molecule has 0 amide bonds. The summed E-state index contributed by atoms with van der Waals surface area (Å²) in [5.41, 5.74) is 0. The Morgan fingerprint density at radius 1 is 1.50 bits per heavy atom. The van der Waals surface area contributed by atoms with Crippen LogP contribution in [0.15, 0.2) is 29.2 Å². The number of rotatable bonds is 4. The molecule has 0 heterocycles. The number of thioether (sulfide) groups is 1. The molecule has 74 valence electrons. The second-order valence-electron chi connectivity index (χ2n) is 3.49. The largest absolute Gasteiger partial charge is 0.298 e. The maximum atomic E-state index is 11.4. The molecule has 1 fully saturated rings. The maximum absolute atomic E-state index is 11.4. The Labute approximate surface area is 92.8 Å². The van der Waals surface area contributed by atoms with E-state index in [4.69, 9.17) is 11.6 Å². The van der Waals surface area contributed by atoms with Gasteiger partial charge < -0.3 is 0 Å². The van der Waals surface area contributed by atoms with Gasteiger partial charge in [0.15, 0.2) is 0 Å². The minimum absolute atomic E-state index is 0.363. The van der Waals surface area contributed by atoms with E-state index in [2.05, 4.69) is 0 Å². The number of benzene rings is 1. The second kappa shape index (κ2) is 4.37. The first kappa shape index (κ1) is 10.1. The van der Waals surface area contributed by atoms with E-state index in [1.165, 1.54) is 0 Å². The van der Waals surface area contributed by atoms with Crippen LogP contribution in [0, 0.1) is 5.92 Å². The lowest BCUT2D eigenvalue weighted by molar-refractivity contribution is -0.117. The molecule has 0 bridgehead atoms. The molecule has 1 aromatic rings. The minimum atomic E-state index is 0.363. The fourth-order valence-corrected chi connectivity index (χ4v) is 2.42. The van der Waals surface area contributed by atoms with Crippen LogP contribution < -0.4 is 0 Å². The summed E-state index contributed by atoms with van der Waals surface area (Å²) in [4.78, 5) is 12.5. The number of carbonyl (C=O) groups excluding carboxylic acids is 1. The second-order valence-corrected chi connectivity index (χ2v) is 4.97. The quantitative estimate of drug-likeness (QED) is 0.732. The normalized spacial score (nSPS) is 15.5. The Balaban J connectivity index is 1.87. The van der Waals surface area contributed by atoms with Crippen LogP contribution in [0.4, 0.5) is 0 Å². The zero-order chi connectivity index (χ0) is 9.97. The van der Waals surface area contributed by atoms with Crippen molar-refractivity contribution in [3.8, 4) is 0 Å². The summed E-state index contributed by atoms with van der Waals surface area (Å²) in [6, 6.07) is 7.63. The molecule has 0 saturated heterocycles. The van der Waals surface area contributed by atoms with Crippen molar-refractivity contribution in [3.05, 3.63) is 29.3 Å². The topological polar surface area (TPSA) is 17.1 Å². The highest BCUT2D eigenvalue weighted by molar-refractivity contribution is 8.00. The van der Waals surface area contributed by atoms with Gasteiger partial charge in [-0.15, -0.1) is 11.8 Å². The molecule has 1 saturated carbocycles. The summed E-state index contributed by atoms with van der Waals surface area (Å²) in [5, 5.41) is 0.730. The number of hydrogen-bond acceptors (Lipinski definition) is 2. The summed E-state index contributed by atoms with van der Waals surface area (Å²) >= 11 is 7.41. The third kappa shape index (κ3) is 2.76. The van der Waals surface area contributed by atoms with Crippen molar-refractivity contribution in [2.24, 2.45) is 5.92 Å². The zero-order valence-corrected chi connectivity index (χ0v) is 9.27. The predicted molar refractivity (Wildman–Crippen MR) is 59.9 cm³/mol. The van der Waals surface area contributed by atoms with Crippen molar-refractivity contribution in [1.29, 1.82) is 0 Å². The SMILES string of the molecule is O=C(CSc1cccc(Cl)c1)C1CC1. The van der Waals surface area contributed by atoms with Crippen molar-refractivity contribution in [3.63, 3.8) is 0 Å². The average Bonchev–Trinajstić information content (AvgIpc) is 2.97. The van der Waals surface area contributed by atoms with E-state index in [0.29, 0.717) is 17.5 Å². The van der Waals surface area contributed by atoms with Crippen LogP contribution in [0.1, 0.15) is 12.8 Å². The predicted octanol–water partition coefficient (Wildman–Crippen LogP) is 3.41. The maximum Gasteiger partial charge on any atom is 0.146 e. The Hall–Kier alpha value is -0.470. The van der Waals surface area contributed by atoms with Crippen LogP contribution >= 0.6 is 23.4 Å². The van der Waals surface area contributed by atoms with Gasteiger partial charge in [0, 0.05) is 15.8 Å². The molecular weight excluding hydrogens is 216 g/mol. The van der Waals surface area contributed by atoms with Crippen molar-refractivity contribution in [2.45, 2.75) is 17.7 Å². The van der Waals surface area contributed by atoms with Crippen molar-refractivity contribution >= 4 is 29.1 Å². The monoisotopic (exact) mass is 226 g/mol.